The van der Waals surface area contributed by atoms with Gasteiger partial charge in [0.05, 0.1) is 12.6 Å². The molecule has 0 aliphatic carbocycles. The number of nitrogens with zero attached hydrogens (tertiary/aromatic N) is 2. The van der Waals surface area contributed by atoms with Gasteiger partial charge in [0.2, 0.25) is 6.04 Å². The first-order chi connectivity index (χ1) is 8.04. The van der Waals surface area contributed by atoms with Crippen LogP contribution in [-0.2, 0) is 4.74 Å². The molecule has 6 nitrogen and oxygen atoms in total. The number of ether oxygens (including phenoxy) is 1. The molecule has 1 fully saturated rings. The average molecular weight is 245 g/mol. The molecule has 1 saturated heterocycles. The summed E-state index contributed by atoms with van der Waals surface area (Å²) in [6.07, 6.45) is 1.05. The zero-order chi connectivity index (χ0) is 12.8. The van der Waals surface area contributed by atoms with Gasteiger partial charge in [-0.1, -0.05) is 0 Å². The molecule has 0 aromatic rings. The molecule has 100 valence electrons. The summed E-state index contributed by atoms with van der Waals surface area (Å²) in [6, 6.07) is -0.260. The van der Waals surface area contributed by atoms with Crippen LogP contribution in [-0.4, -0.2) is 61.3 Å². The van der Waals surface area contributed by atoms with Crippen LogP contribution in [0.25, 0.3) is 0 Å². The van der Waals surface area contributed by atoms with Gasteiger partial charge < -0.3 is 10.1 Å². The maximum absolute atomic E-state index is 10.7. The SMILES string of the molecule is COCCN1CC[C@H](NC(C)C(C)[N+](=O)[O-])C1. The summed E-state index contributed by atoms with van der Waals surface area (Å²) in [5.41, 5.74) is 0. The zero-order valence-corrected chi connectivity index (χ0v) is 10.9. The van der Waals surface area contributed by atoms with E-state index in [2.05, 4.69) is 10.2 Å². The first kappa shape index (κ1) is 14.3. The van der Waals surface area contributed by atoms with Crippen molar-refractivity contribution in [3.05, 3.63) is 10.1 Å². The van der Waals surface area contributed by atoms with Crippen LogP contribution in [0.15, 0.2) is 0 Å². The molecule has 1 aliphatic heterocycles. The van der Waals surface area contributed by atoms with Crippen molar-refractivity contribution in [2.75, 3.05) is 33.4 Å². The normalized spacial score (nSPS) is 24.8. The second-order valence-corrected chi connectivity index (χ2v) is 4.76. The number of methoxy groups -OCH3 is 1. The van der Waals surface area contributed by atoms with E-state index < -0.39 is 6.04 Å². The fourth-order valence-corrected chi connectivity index (χ4v) is 2.09. The lowest BCUT2D eigenvalue weighted by atomic mass is 10.1. The minimum atomic E-state index is -0.539. The molecule has 0 saturated carbocycles. The van der Waals surface area contributed by atoms with Gasteiger partial charge in [0, 0.05) is 38.1 Å². The van der Waals surface area contributed by atoms with Crippen molar-refractivity contribution in [3.63, 3.8) is 0 Å². The van der Waals surface area contributed by atoms with Gasteiger partial charge in [-0.3, -0.25) is 15.0 Å². The Labute approximate surface area is 102 Å². The van der Waals surface area contributed by atoms with Crippen molar-refractivity contribution in [3.8, 4) is 0 Å². The van der Waals surface area contributed by atoms with Crippen LogP contribution < -0.4 is 5.32 Å². The first-order valence-corrected chi connectivity index (χ1v) is 6.15. The summed E-state index contributed by atoms with van der Waals surface area (Å²) in [6.45, 7) is 7.21. The van der Waals surface area contributed by atoms with Crippen molar-refractivity contribution in [2.45, 2.75) is 38.4 Å². The Hall–Kier alpha value is -0.720. The molecule has 0 bridgehead atoms. The van der Waals surface area contributed by atoms with Crippen molar-refractivity contribution in [1.82, 2.24) is 10.2 Å². The highest BCUT2D eigenvalue weighted by molar-refractivity contribution is 4.84. The van der Waals surface area contributed by atoms with E-state index >= 15 is 0 Å². The van der Waals surface area contributed by atoms with Crippen LogP contribution >= 0.6 is 0 Å². The van der Waals surface area contributed by atoms with E-state index in [-0.39, 0.29) is 11.0 Å². The molecule has 0 aromatic carbocycles. The van der Waals surface area contributed by atoms with Gasteiger partial charge in [-0.2, -0.15) is 0 Å². The Kier molecular flexibility index (Phi) is 5.80. The summed E-state index contributed by atoms with van der Waals surface area (Å²) in [7, 11) is 1.70. The highest BCUT2D eigenvalue weighted by Crippen LogP contribution is 2.10. The third-order valence-electron chi connectivity index (χ3n) is 3.44. The smallest absolute Gasteiger partial charge is 0.225 e. The second-order valence-electron chi connectivity index (χ2n) is 4.76. The number of likely N-dealkylation sites (tertiary alicyclic amines) is 1. The summed E-state index contributed by atoms with van der Waals surface area (Å²) < 4.78 is 5.04. The highest BCUT2D eigenvalue weighted by Gasteiger charge is 2.28. The molecule has 1 rings (SSSR count). The monoisotopic (exact) mass is 245 g/mol. The van der Waals surface area contributed by atoms with Gasteiger partial charge >= 0.3 is 0 Å². The Morgan fingerprint density at radius 2 is 2.29 bits per heavy atom. The van der Waals surface area contributed by atoms with Crippen LogP contribution in [0.3, 0.4) is 0 Å². The summed E-state index contributed by atoms with van der Waals surface area (Å²) >= 11 is 0. The zero-order valence-electron chi connectivity index (χ0n) is 10.9. The first-order valence-electron chi connectivity index (χ1n) is 6.15. The summed E-state index contributed by atoms with van der Waals surface area (Å²) in [4.78, 5) is 12.8. The lowest BCUT2D eigenvalue weighted by molar-refractivity contribution is -0.521. The van der Waals surface area contributed by atoms with Crippen molar-refractivity contribution in [2.24, 2.45) is 0 Å². The molecule has 2 unspecified atom stereocenters. The van der Waals surface area contributed by atoms with E-state index in [1.54, 1.807) is 14.0 Å². The van der Waals surface area contributed by atoms with Gasteiger partial charge in [0.1, 0.15) is 0 Å². The highest BCUT2D eigenvalue weighted by atomic mass is 16.6. The molecule has 17 heavy (non-hydrogen) atoms. The molecule has 1 heterocycles. The number of hydrogen-bond acceptors (Lipinski definition) is 5. The molecule has 0 radical (unpaired) electrons. The minimum Gasteiger partial charge on any atom is -0.383 e. The van der Waals surface area contributed by atoms with Crippen LogP contribution in [0.5, 0.6) is 0 Å². The predicted molar refractivity (Wildman–Crippen MR) is 65.8 cm³/mol. The molecule has 0 spiro atoms. The second kappa shape index (κ2) is 6.88. The van der Waals surface area contributed by atoms with Gasteiger partial charge in [-0.15, -0.1) is 0 Å². The third kappa shape index (κ3) is 4.57. The van der Waals surface area contributed by atoms with Crippen molar-refractivity contribution < 1.29 is 9.66 Å². The molecule has 6 heteroatoms. The third-order valence-corrected chi connectivity index (χ3v) is 3.44. The average Bonchev–Trinajstić information content (AvgIpc) is 2.72. The molecule has 1 aliphatic rings. The number of nitrogens with one attached hydrogen (secondary N) is 1. The largest absolute Gasteiger partial charge is 0.383 e. The Morgan fingerprint density at radius 3 is 2.88 bits per heavy atom. The van der Waals surface area contributed by atoms with Crippen LogP contribution in [0, 0.1) is 10.1 Å². The van der Waals surface area contributed by atoms with E-state index in [9.17, 15) is 10.1 Å². The predicted octanol–water partition coefficient (Wildman–Crippen LogP) is 0.350. The van der Waals surface area contributed by atoms with Crippen molar-refractivity contribution >= 4 is 0 Å². The van der Waals surface area contributed by atoms with E-state index in [0.717, 1.165) is 32.7 Å². The minimum absolute atomic E-state index is 0.0858. The molecule has 1 N–H and O–H groups in total. The number of nitro groups is 1. The fraction of sp³-hybridized carbons (Fsp3) is 1.00. The molecule has 3 atom stereocenters. The van der Waals surface area contributed by atoms with Gasteiger partial charge in [-0.05, 0) is 19.9 Å². The van der Waals surface area contributed by atoms with Gasteiger partial charge in [0.25, 0.3) is 0 Å². The van der Waals surface area contributed by atoms with Crippen LogP contribution in [0.2, 0.25) is 0 Å². The van der Waals surface area contributed by atoms with Gasteiger partial charge in [0.15, 0.2) is 0 Å². The number of rotatable bonds is 7. The topological polar surface area (TPSA) is 67.6 Å². The Balaban J connectivity index is 2.27. The molecule has 0 amide bonds. The number of hydrogen-bond donors (Lipinski definition) is 1. The lowest BCUT2D eigenvalue weighted by Crippen LogP contribution is -2.46. The Morgan fingerprint density at radius 1 is 1.59 bits per heavy atom. The lowest BCUT2D eigenvalue weighted by Gasteiger charge is -2.21. The van der Waals surface area contributed by atoms with Crippen LogP contribution in [0.4, 0.5) is 0 Å². The summed E-state index contributed by atoms with van der Waals surface area (Å²) in [5.74, 6) is 0. The Bertz CT molecular complexity index is 250. The van der Waals surface area contributed by atoms with E-state index in [0.29, 0.717) is 6.04 Å². The van der Waals surface area contributed by atoms with Gasteiger partial charge in [-0.25, -0.2) is 0 Å². The van der Waals surface area contributed by atoms with E-state index in [1.807, 2.05) is 6.92 Å². The summed E-state index contributed by atoms with van der Waals surface area (Å²) in [5, 5.41) is 14.0. The quantitative estimate of drug-likeness (QED) is 0.518. The fourth-order valence-electron chi connectivity index (χ4n) is 2.09. The van der Waals surface area contributed by atoms with E-state index in [4.69, 9.17) is 4.74 Å². The molecular formula is C11H23N3O3. The maximum Gasteiger partial charge on any atom is 0.225 e. The standard InChI is InChI=1S/C11H23N3O3/c1-9(10(2)14(15)16)12-11-4-5-13(8-11)6-7-17-3/h9-12H,4-8H2,1-3H3/t9?,10?,11-/m0/s1. The van der Waals surface area contributed by atoms with Crippen LogP contribution in [0.1, 0.15) is 20.3 Å². The van der Waals surface area contributed by atoms with Crippen molar-refractivity contribution in [1.29, 1.82) is 0 Å². The molecular weight excluding hydrogens is 222 g/mol. The molecule has 0 aromatic heterocycles. The maximum atomic E-state index is 10.7. The van der Waals surface area contributed by atoms with E-state index in [1.165, 1.54) is 0 Å².